The quantitative estimate of drug-likeness (QED) is 0.0532. The molecule has 10 rings (SSSR count). The van der Waals surface area contributed by atoms with Crippen LogP contribution in [0.3, 0.4) is 0 Å². The van der Waals surface area contributed by atoms with Crippen LogP contribution in [0.2, 0.25) is 0 Å². The van der Waals surface area contributed by atoms with Crippen molar-refractivity contribution in [3.05, 3.63) is 125 Å². The first-order valence-corrected chi connectivity index (χ1v) is 26.6. The summed E-state index contributed by atoms with van der Waals surface area (Å²) in [5.74, 6) is -0.530. The SMILES string of the molecule is Cc1cc(OCCCC2(C)CCN(CC(=O)Nc3ccc4c(C5CCC(=O)NC5=O)nn(C)c4c3)CC2)ccc1-c1ccc(N2CCc3cccc(C(=O)Nc4nc5ccccc5s4)c3C2)nc1C(=O)OC(C)(C)C. The summed E-state index contributed by atoms with van der Waals surface area (Å²) >= 11 is 1.44. The number of piperidine rings is 2. The van der Waals surface area contributed by atoms with Crippen LogP contribution in [0.1, 0.15) is 115 Å². The second kappa shape index (κ2) is 21.0. The third kappa shape index (κ3) is 11.4. The summed E-state index contributed by atoms with van der Waals surface area (Å²) in [5, 5.41) is 14.5. The van der Waals surface area contributed by atoms with Gasteiger partial charge in [-0.1, -0.05) is 48.6 Å². The van der Waals surface area contributed by atoms with Gasteiger partial charge in [-0.3, -0.25) is 39.4 Å². The van der Waals surface area contributed by atoms with E-state index in [4.69, 9.17) is 14.5 Å². The molecule has 3 aliphatic rings. The summed E-state index contributed by atoms with van der Waals surface area (Å²) < 4.78 is 15.0. The highest BCUT2D eigenvalue weighted by atomic mass is 32.1. The van der Waals surface area contributed by atoms with Crippen LogP contribution in [0, 0.1) is 12.3 Å². The zero-order valence-corrected chi connectivity index (χ0v) is 44.2. The lowest BCUT2D eigenvalue weighted by Crippen LogP contribution is -2.42. The average molecular weight is 1030 g/mol. The highest BCUT2D eigenvalue weighted by molar-refractivity contribution is 7.22. The van der Waals surface area contributed by atoms with Crippen LogP contribution >= 0.6 is 11.3 Å². The number of aryl methyl sites for hydroxylation is 2. The van der Waals surface area contributed by atoms with E-state index in [0.29, 0.717) is 72.5 Å². The van der Waals surface area contributed by atoms with Crippen LogP contribution in [-0.4, -0.2) is 92.6 Å². The predicted octanol–water partition coefficient (Wildman–Crippen LogP) is 9.74. The van der Waals surface area contributed by atoms with Crippen LogP contribution in [0.15, 0.2) is 91.0 Å². The Balaban J connectivity index is 0.733. The Labute approximate surface area is 440 Å². The second-order valence-electron chi connectivity index (χ2n) is 21.4. The molecule has 7 aromatic rings. The Morgan fingerprint density at radius 3 is 2.47 bits per heavy atom. The van der Waals surface area contributed by atoms with Gasteiger partial charge in [0.2, 0.25) is 17.7 Å². The summed E-state index contributed by atoms with van der Waals surface area (Å²) in [7, 11) is 1.81. The molecule has 3 aliphatic heterocycles. The zero-order chi connectivity index (χ0) is 52.6. The van der Waals surface area contributed by atoms with Crippen molar-refractivity contribution in [3.63, 3.8) is 0 Å². The number of anilines is 3. The van der Waals surface area contributed by atoms with Gasteiger partial charge in [0.25, 0.3) is 5.91 Å². The van der Waals surface area contributed by atoms with Crippen molar-refractivity contribution in [2.75, 3.05) is 48.3 Å². The van der Waals surface area contributed by atoms with Gasteiger partial charge in [-0.25, -0.2) is 14.8 Å². The Hall–Kier alpha value is -7.50. The van der Waals surface area contributed by atoms with E-state index in [1.807, 2.05) is 120 Å². The third-order valence-electron chi connectivity index (χ3n) is 14.7. The molecule has 2 saturated heterocycles. The molecule has 0 radical (unpaired) electrons. The van der Waals surface area contributed by atoms with E-state index in [-0.39, 0.29) is 41.2 Å². The molecule has 4 amide bonds. The lowest BCUT2D eigenvalue weighted by Gasteiger charge is -2.39. The topological polar surface area (TPSA) is 190 Å². The number of benzene rings is 4. The average Bonchev–Trinajstić information content (AvgIpc) is 3.96. The first-order valence-electron chi connectivity index (χ1n) is 25.8. The van der Waals surface area contributed by atoms with Gasteiger partial charge >= 0.3 is 5.97 Å². The van der Waals surface area contributed by atoms with E-state index < -0.39 is 17.5 Å². The summed E-state index contributed by atoms with van der Waals surface area (Å²) in [6, 6.07) is 29.0. The normalized spacial score (nSPS) is 16.9. The fraction of sp³-hybridized carbons (Fsp3) is 0.379. The number of carbonyl (C=O) groups is 5. The molecule has 0 spiro atoms. The van der Waals surface area contributed by atoms with Crippen LogP contribution < -0.4 is 25.6 Å². The molecule has 17 heteroatoms. The van der Waals surface area contributed by atoms with E-state index in [1.54, 1.807) is 4.68 Å². The summed E-state index contributed by atoms with van der Waals surface area (Å²) in [6.45, 7) is 13.4. The molecule has 75 heavy (non-hydrogen) atoms. The molecule has 6 heterocycles. The number of likely N-dealkylation sites (tertiary alicyclic amines) is 1. The molecule has 16 nitrogen and oxygen atoms in total. The Kier molecular flexibility index (Phi) is 14.3. The predicted molar refractivity (Wildman–Crippen MR) is 291 cm³/mol. The van der Waals surface area contributed by atoms with E-state index in [2.05, 4.69) is 48.8 Å². The first-order chi connectivity index (χ1) is 36.0. The summed E-state index contributed by atoms with van der Waals surface area (Å²) in [4.78, 5) is 79.2. The summed E-state index contributed by atoms with van der Waals surface area (Å²) in [6.07, 6.45) is 5.22. The minimum atomic E-state index is -0.743. The van der Waals surface area contributed by atoms with Crippen molar-refractivity contribution in [3.8, 4) is 16.9 Å². The molecule has 3 N–H and O–H groups in total. The van der Waals surface area contributed by atoms with Crippen LogP contribution in [0.4, 0.5) is 16.6 Å². The van der Waals surface area contributed by atoms with Gasteiger partial charge in [-0.05, 0) is 168 Å². The largest absolute Gasteiger partial charge is 0.494 e. The molecule has 1 unspecified atom stereocenters. The number of para-hydroxylation sites is 1. The van der Waals surface area contributed by atoms with E-state index in [1.165, 1.54) is 11.3 Å². The maximum atomic E-state index is 14.0. The molecule has 3 aromatic heterocycles. The van der Waals surface area contributed by atoms with Crippen LogP contribution in [0.5, 0.6) is 5.75 Å². The van der Waals surface area contributed by atoms with Gasteiger partial charge in [0.1, 0.15) is 17.2 Å². The first kappa shape index (κ1) is 51.0. The van der Waals surface area contributed by atoms with Crippen molar-refractivity contribution in [2.45, 2.75) is 97.6 Å². The minimum absolute atomic E-state index is 0.0847. The maximum Gasteiger partial charge on any atom is 0.358 e. The number of aromatic nitrogens is 4. The zero-order valence-electron chi connectivity index (χ0n) is 43.4. The molecular formula is C58H63N9O7S. The standard InChI is InChI=1S/C58H63N9O7S/c1-35-31-38(73-30-10-24-58(5)25-28-66(29-26-58)34-50(69)59-37-15-17-42-46(32-37)65(6)64-51(42)43-20-22-49(68)62-54(43)71)16-18-39(35)40-19-21-48(61-52(40)55(72)74-57(2,3)4)67-27-23-36-11-9-12-41(44(36)33-67)53(70)63-56-60-45-13-7-8-14-47(45)75-56/h7-9,11-19,21,31-32,43H,10,20,22-30,33-34H2,1-6H3,(H,59,69)(H,60,63,70)(H,62,68,71). The number of nitrogens with zero attached hydrogens (tertiary/aromatic N) is 6. The number of carbonyl (C=O) groups excluding carboxylic acids is 5. The van der Waals surface area contributed by atoms with Gasteiger partial charge in [-0.2, -0.15) is 5.10 Å². The second-order valence-corrected chi connectivity index (χ2v) is 22.5. The molecule has 0 aliphatic carbocycles. The van der Waals surface area contributed by atoms with Gasteiger partial charge in [0.05, 0.1) is 40.5 Å². The van der Waals surface area contributed by atoms with Crippen molar-refractivity contribution in [1.29, 1.82) is 0 Å². The number of hydrogen-bond acceptors (Lipinski definition) is 13. The number of thiazole rings is 1. The monoisotopic (exact) mass is 1030 g/mol. The number of hydrogen-bond donors (Lipinski definition) is 3. The third-order valence-corrected chi connectivity index (χ3v) is 15.6. The molecule has 4 aromatic carbocycles. The van der Waals surface area contributed by atoms with E-state index in [9.17, 15) is 24.0 Å². The highest BCUT2D eigenvalue weighted by Crippen LogP contribution is 2.38. The fourth-order valence-corrected chi connectivity index (χ4v) is 11.5. The van der Waals surface area contributed by atoms with Gasteiger partial charge in [0.15, 0.2) is 10.8 Å². The number of nitrogens with one attached hydrogen (secondary N) is 3. The lowest BCUT2D eigenvalue weighted by molar-refractivity contribution is -0.134. The highest BCUT2D eigenvalue weighted by Gasteiger charge is 2.33. The number of ether oxygens (including phenoxy) is 2. The molecule has 388 valence electrons. The van der Waals surface area contributed by atoms with Gasteiger partial charge in [-0.15, -0.1) is 0 Å². The number of rotatable bonds is 14. The minimum Gasteiger partial charge on any atom is -0.494 e. The Bertz CT molecular complexity index is 3340. The number of fused-ring (bicyclic) bond motifs is 3. The Morgan fingerprint density at radius 2 is 1.69 bits per heavy atom. The number of imide groups is 1. The number of amides is 4. The molecule has 0 saturated carbocycles. The Morgan fingerprint density at radius 1 is 0.893 bits per heavy atom. The van der Waals surface area contributed by atoms with Crippen LogP contribution in [0.25, 0.3) is 32.2 Å². The fourth-order valence-electron chi connectivity index (χ4n) is 10.6. The number of esters is 1. The van der Waals surface area contributed by atoms with Crippen molar-refractivity contribution < 1.29 is 33.4 Å². The van der Waals surface area contributed by atoms with E-state index >= 15 is 0 Å². The van der Waals surface area contributed by atoms with Crippen molar-refractivity contribution in [1.82, 2.24) is 30.0 Å². The molecular weight excluding hydrogens is 967 g/mol. The molecule has 2 fully saturated rings. The maximum absolute atomic E-state index is 14.0. The van der Waals surface area contributed by atoms with Crippen LogP contribution in [-0.2, 0) is 39.1 Å². The summed E-state index contributed by atoms with van der Waals surface area (Å²) in [5.41, 5.74) is 7.59. The van der Waals surface area contributed by atoms with Gasteiger partial charge < -0.3 is 19.7 Å². The van der Waals surface area contributed by atoms with Gasteiger partial charge in [0, 0.05) is 48.8 Å². The van der Waals surface area contributed by atoms with Crippen molar-refractivity contribution >= 4 is 78.7 Å². The number of pyridine rings is 1. The smallest absolute Gasteiger partial charge is 0.358 e. The molecule has 0 bridgehead atoms. The van der Waals surface area contributed by atoms with E-state index in [0.717, 1.165) is 87.9 Å². The van der Waals surface area contributed by atoms with Crippen molar-refractivity contribution in [2.24, 2.45) is 12.5 Å². The lowest BCUT2D eigenvalue weighted by atomic mass is 9.77. The molecule has 1 atom stereocenters.